The van der Waals surface area contributed by atoms with Crippen LogP contribution in [0.4, 0.5) is 0 Å². The normalized spacial score (nSPS) is 22.3. The number of nitrogens with one attached hydrogen (secondary N) is 3. The van der Waals surface area contributed by atoms with Crippen molar-refractivity contribution < 1.29 is 19.1 Å². The lowest BCUT2D eigenvalue weighted by molar-refractivity contribution is -0.143. The Morgan fingerprint density at radius 1 is 0.977 bits per heavy atom. The first-order valence-corrected chi connectivity index (χ1v) is 16.3. The van der Waals surface area contributed by atoms with Gasteiger partial charge in [-0.3, -0.25) is 14.4 Å². The second-order valence-electron chi connectivity index (χ2n) is 12.1. The van der Waals surface area contributed by atoms with Gasteiger partial charge in [0.05, 0.1) is 13.2 Å². The van der Waals surface area contributed by atoms with E-state index in [1.54, 1.807) is 14.2 Å². The van der Waals surface area contributed by atoms with Crippen LogP contribution < -0.4 is 20.7 Å². The van der Waals surface area contributed by atoms with Gasteiger partial charge in [-0.05, 0) is 101 Å². The molecule has 9 heteroatoms. The molecule has 3 amide bonds. The van der Waals surface area contributed by atoms with Crippen LogP contribution in [0, 0.1) is 5.92 Å². The summed E-state index contributed by atoms with van der Waals surface area (Å²) in [7, 11) is 3.42. The van der Waals surface area contributed by atoms with Gasteiger partial charge in [-0.25, -0.2) is 0 Å². The summed E-state index contributed by atoms with van der Waals surface area (Å²) in [5, 5.41) is 9.42. The SMILES string of the molecule is CCN(CC)CC[C@H]1CC[C@H]2CC[C@@H](C(=O)NCCc3ccc(OC)cc3)N2C(=O)[C@H]1NC(=O)[C@@H](Cc1ccccc1)NC. The van der Waals surface area contributed by atoms with Gasteiger partial charge in [0.15, 0.2) is 0 Å². The summed E-state index contributed by atoms with van der Waals surface area (Å²) in [5.41, 5.74) is 2.16. The quantitative estimate of drug-likeness (QED) is 0.288. The number of amides is 3. The highest BCUT2D eigenvalue weighted by atomic mass is 16.5. The lowest BCUT2D eigenvalue weighted by Gasteiger charge is -2.33. The lowest BCUT2D eigenvalue weighted by atomic mass is 9.89. The molecule has 0 saturated carbocycles. The fourth-order valence-electron chi connectivity index (χ4n) is 6.74. The molecule has 2 aliphatic rings. The van der Waals surface area contributed by atoms with Gasteiger partial charge in [0.2, 0.25) is 17.7 Å². The molecule has 3 N–H and O–H groups in total. The molecule has 2 aromatic carbocycles. The van der Waals surface area contributed by atoms with Crippen molar-refractivity contribution in [3.8, 4) is 5.75 Å². The lowest BCUT2D eigenvalue weighted by Crippen LogP contribution is -2.58. The fourth-order valence-corrected chi connectivity index (χ4v) is 6.74. The van der Waals surface area contributed by atoms with Crippen LogP contribution in [0.3, 0.4) is 0 Å². The number of hydrogen-bond acceptors (Lipinski definition) is 6. The second kappa shape index (κ2) is 16.6. The summed E-state index contributed by atoms with van der Waals surface area (Å²) in [4.78, 5) is 45.7. The van der Waals surface area contributed by atoms with Crippen LogP contribution >= 0.6 is 0 Å². The maximum Gasteiger partial charge on any atom is 0.246 e. The molecule has 2 aromatic rings. The van der Waals surface area contributed by atoms with E-state index in [4.69, 9.17) is 4.74 Å². The summed E-state index contributed by atoms with van der Waals surface area (Å²) in [6.45, 7) is 7.55. The number of fused-ring (bicyclic) bond motifs is 1. The Morgan fingerprint density at radius 2 is 1.68 bits per heavy atom. The van der Waals surface area contributed by atoms with Crippen LogP contribution in [0.5, 0.6) is 5.75 Å². The Bertz CT molecular complexity index is 1200. The number of hydrogen-bond donors (Lipinski definition) is 3. The minimum atomic E-state index is -0.664. The van der Waals surface area contributed by atoms with Crippen molar-refractivity contribution in [1.82, 2.24) is 25.8 Å². The Morgan fingerprint density at radius 3 is 2.34 bits per heavy atom. The van der Waals surface area contributed by atoms with Crippen LogP contribution in [-0.4, -0.2) is 92.0 Å². The van der Waals surface area contributed by atoms with E-state index in [1.807, 2.05) is 59.5 Å². The highest BCUT2D eigenvalue weighted by Crippen LogP contribution is 2.35. The van der Waals surface area contributed by atoms with Crippen LogP contribution in [0.15, 0.2) is 54.6 Å². The number of nitrogens with zero attached hydrogens (tertiary/aromatic N) is 2. The molecule has 9 nitrogen and oxygen atoms in total. The maximum absolute atomic E-state index is 14.4. The summed E-state index contributed by atoms with van der Waals surface area (Å²) in [6.07, 6.45) is 5.17. The zero-order valence-electron chi connectivity index (χ0n) is 26.9. The Kier molecular flexibility index (Phi) is 12.6. The Hall–Kier alpha value is -3.43. The van der Waals surface area contributed by atoms with Gasteiger partial charge in [0.1, 0.15) is 17.8 Å². The van der Waals surface area contributed by atoms with E-state index < -0.39 is 18.1 Å². The van der Waals surface area contributed by atoms with Gasteiger partial charge in [0, 0.05) is 12.6 Å². The average Bonchev–Trinajstić information content (AvgIpc) is 3.44. The highest BCUT2D eigenvalue weighted by molar-refractivity contribution is 5.94. The molecule has 44 heavy (non-hydrogen) atoms. The van der Waals surface area contributed by atoms with Crippen molar-refractivity contribution in [3.05, 3.63) is 65.7 Å². The minimum absolute atomic E-state index is 0.00525. The van der Waals surface area contributed by atoms with Gasteiger partial charge in [-0.2, -0.15) is 0 Å². The molecule has 2 fully saturated rings. The zero-order chi connectivity index (χ0) is 31.5. The predicted octanol–water partition coefficient (Wildman–Crippen LogP) is 3.17. The molecule has 2 aliphatic heterocycles. The molecule has 4 rings (SSSR count). The molecule has 0 aromatic heterocycles. The number of methoxy groups -OCH3 is 1. The summed E-state index contributed by atoms with van der Waals surface area (Å²) >= 11 is 0. The third kappa shape index (κ3) is 8.60. The molecule has 0 radical (unpaired) electrons. The number of carbonyl (C=O) groups is 3. The number of carbonyl (C=O) groups excluding carboxylic acids is 3. The topological polar surface area (TPSA) is 103 Å². The van der Waals surface area contributed by atoms with E-state index in [0.717, 1.165) is 62.2 Å². The fraction of sp³-hybridized carbons (Fsp3) is 0.571. The average molecular weight is 606 g/mol. The molecule has 0 aliphatic carbocycles. The molecule has 0 spiro atoms. The van der Waals surface area contributed by atoms with Crippen LogP contribution in [0.25, 0.3) is 0 Å². The van der Waals surface area contributed by atoms with E-state index in [-0.39, 0.29) is 29.7 Å². The summed E-state index contributed by atoms with van der Waals surface area (Å²) in [6, 6.07) is 16.1. The largest absolute Gasteiger partial charge is 0.497 e. The Balaban J connectivity index is 1.47. The number of benzene rings is 2. The van der Waals surface area contributed by atoms with Crippen molar-refractivity contribution in [2.24, 2.45) is 5.92 Å². The standard InChI is InChI=1S/C35H51N5O4/c1-5-39(6-2)23-21-27-14-15-28-16-19-31(34(42)37-22-20-25-12-17-29(44-4)18-13-25)40(28)35(43)32(27)38-33(41)30(36-3)24-26-10-8-7-9-11-26/h7-13,17-18,27-28,30-32,36H,5-6,14-16,19-24H2,1-4H3,(H,37,42)(H,38,41)/t27-,28+,30-,31+,32+/m1/s1. The minimum Gasteiger partial charge on any atom is -0.497 e. The number of likely N-dealkylation sites (N-methyl/N-ethyl adjacent to an activating group) is 1. The predicted molar refractivity (Wildman–Crippen MR) is 173 cm³/mol. The monoisotopic (exact) mass is 605 g/mol. The molecule has 2 saturated heterocycles. The third-order valence-corrected chi connectivity index (χ3v) is 9.50. The molecule has 240 valence electrons. The van der Waals surface area contributed by atoms with E-state index >= 15 is 0 Å². The van der Waals surface area contributed by atoms with Crippen molar-refractivity contribution in [1.29, 1.82) is 0 Å². The summed E-state index contributed by atoms with van der Waals surface area (Å²) in [5.74, 6) is 0.393. The summed E-state index contributed by atoms with van der Waals surface area (Å²) < 4.78 is 5.24. The number of rotatable bonds is 15. The Labute approximate surface area is 263 Å². The molecule has 0 bridgehead atoms. The van der Waals surface area contributed by atoms with E-state index in [0.29, 0.717) is 25.8 Å². The van der Waals surface area contributed by atoms with Gasteiger partial charge in [0.25, 0.3) is 0 Å². The maximum atomic E-state index is 14.4. The highest BCUT2D eigenvalue weighted by Gasteiger charge is 2.47. The van der Waals surface area contributed by atoms with Crippen LogP contribution in [0.1, 0.15) is 57.1 Å². The van der Waals surface area contributed by atoms with Crippen LogP contribution in [-0.2, 0) is 27.2 Å². The molecule has 5 atom stereocenters. The molecular weight excluding hydrogens is 554 g/mol. The first-order valence-electron chi connectivity index (χ1n) is 16.3. The van der Waals surface area contributed by atoms with Gasteiger partial charge < -0.3 is 30.5 Å². The number of ether oxygens (including phenoxy) is 1. The van der Waals surface area contributed by atoms with Crippen molar-refractivity contribution in [2.45, 2.75) is 83.0 Å². The molecule has 0 unspecified atom stereocenters. The van der Waals surface area contributed by atoms with E-state index in [2.05, 4.69) is 34.7 Å². The van der Waals surface area contributed by atoms with Crippen LogP contribution in [0.2, 0.25) is 0 Å². The molecular formula is C35H51N5O4. The smallest absolute Gasteiger partial charge is 0.246 e. The van der Waals surface area contributed by atoms with Crippen molar-refractivity contribution >= 4 is 17.7 Å². The first-order chi connectivity index (χ1) is 21.4. The van der Waals surface area contributed by atoms with Crippen molar-refractivity contribution in [3.63, 3.8) is 0 Å². The zero-order valence-corrected chi connectivity index (χ0v) is 26.9. The van der Waals surface area contributed by atoms with Gasteiger partial charge >= 0.3 is 0 Å². The van der Waals surface area contributed by atoms with Gasteiger partial charge in [-0.15, -0.1) is 0 Å². The van der Waals surface area contributed by atoms with Crippen molar-refractivity contribution in [2.75, 3.05) is 40.3 Å². The van der Waals surface area contributed by atoms with E-state index in [9.17, 15) is 14.4 Å². The second-order valence-corrected chi connectivity index (χ2v) is 12.1. The first kappa shape index (κ1) is 33.5. The molecule has 2 heterocycles. The third-order valence-electron chi connectivity index (χ3n) is 9.50. The van der Waals surface area contributed by atoms with Gasteiger partial charge in [-0.1, -0.05) is 56.3 Å². The van der Waals surface area contributed by atoms with E-state index in [1.165, 1.54) is 0 Å².